The standard InChI is InChI=1S/C15H14BrClN2O2/c1-21-11-4-2-3-10(8-11)19-14(15(18)20)12-6-5-9(16)7-13(12)17/h2-8,14,19H,1H3,(H2,18,20). The van der Waals surface area contributed by atoms with Gasteiger partial charge in [0, 0.05) is 26.8 Å². The largest absolute Gasteiger partial charge is 0.497 e. The number of halogens is 2. The van der Waals surface area contributed by atoms with Crippen LogP contribution in [0.5, 0.6) is 5.75 Å². The molecule has 6 heteroatoms. The fraction of sp³-hybridized carbons (Fsp3) is 0.133. The highest BCUT2D eigenvalue weighted by Crippen LogP contribution is 2.29. The molecule has 0 aliphatic rings. The van der Waals surface area contributed by atoms with E-state index in [4.69, 9.17) is 22.1 Å². The van der Waals surface area contributed by atoms with Gasteiger partial charge in [-0.3, -0.25) is 4.79 Å². The van der Waals surface area contributed by atoms with Crippen LogP contribution in [-0.2, 0) is 4.79 Å². The summed E-state index contributed by atoms with van der Waals surface area (Å²) in [5.74, 6) is 0.173. The second-order valence-corrected chi connectivity index (χ2v) is 5.70. The van der Waals surface area contributed by atoms with Gasteiger partial charge < -0.3 is 15.8 Å². The van der Waals surface area contributed by atoms with Crippen molar-refractivity contribution in [3.63, 3.8) is 0 Å². The number of benzene rings is 2. The quantitative estimate of drug-likeness (QED) is 0.843. The number of hydrogen-bond donors (Lipinski definition) is 2. The third-order valence-electron chi connectivity index (χ3n) is 2.94. The Morgan fingerprint density at radius 2 is 2.10 bits per heavy atom. The van der Waals surface area contributed by atoms with Crippen LogP contribution in [0.2, 0.25) is 5.02 Å². The summed E-state index contributed by atoms with van der Waals surface area (Å²) in [6, 6.07) is 11.8. The summed E-state index contributed by atoms with van der Waals surface area (Å²) in [5, 5.41) is 3.54. The van der Waals surface area contributed by atoms with Gasteiger partial charge in [0.05, 0.1) is 7.11 Å². The Morgan fingerprint density at radius 3 is 2.71 bits per heavy atom. The van der Waals surface area contributed by atoms with Crippen molar-refractivity contribution in [3.05, 3.63) is 57.5 Å². The van der Waals surface area contributed by atoms with Crippen LogP contribution in [0.3, 0.4) is 0 Å². The molecule has 4 nitrogen and oxygen atoms in total. The fourth-order valence-electron chi connectivity index (χ4n) is 1.92. The Balaban J connectivity index is 2.33. The van der Waals surface area contributed by atoms with Gasteiger partial charge in [0.15, 0.2) is 0 Å². The minimum Gasteiger partial charge on any atom is -0.497 e. The van der Waals surface area contributed by atoms with E-state index in [0.29, 0.717) is 16.3 Å². The van der Waals surface area contributed by atoms with E-state index in [0.717, 1.165) is 10.2 Å². The van der Waals surface area contributed by atoms with Crippen LogP contribution in [0, 0.1) is 0 Å². The lowest BCUT2D eigenvalue weighted by molar-refractivity contribution is -0.118. The molecular weight excluding hydrogens is 356 g/mol. The highest BCUT2D eigenvalue weighted by molar-refractivity contribution is 9.10. The molecule has 0 saturated heterocycles. The van der Waals surface area contributed by atoms with Crippen molar-refractivity contribution < 1.29 is 9.53 Å². The Labute approximate surface area is 136 Å². The average molecular weight is 370 g/mol. The van der Waals surface area contributed by atoms with Crippen molar-refractivity contribution in [3.8, 4) is 5.75 Å². The first-order valence-electron chi connectivity index (χ1n) is 6.16. The normalized spacial score (nSPS) is 11.8. The molecule has 3 N–H and O–H groups in total. The Morgan fingerprint density at radius 1 is 1.33 bits per heavy atom. The zero-order valence-electron chi connectivity index (χ0n) is 11.3. The summed E-state index contributed by atoms with van der Waals surface area (Å²) in [6.07, 6.45) is 0. The summed E-state index contributed by atoms with van der Waals surface area (Å²) < 4.78 is 5.99. The lowest BCUT2D eigenvalue weighted by Crippen LogP contribution is -2.28. The van der Waals surface area contributed by atoms with Gasteiger partial charge in [-0.25, -0.2) is 0 Å². The molecule has 0 bridgehead atoms. The maximum atomic E-state index is 11.8. The number of methoxy groups -OCH3 is 1. The third kappa shape index (κ3) is 3.89. The molecule has 2 aromatic carbocycles. The van der Waals surface area contributed by atoms with E-state index < -0.39 is 11.9 Å². The lowest BCUT2D eigenvalue weighted by Gasteiger charge is -2.19. The topological polar surface area (TPSA) is 64.3 Å². The van der Waals surface area contributed by atoms with E-state index in [2.05, 4.69) is 21.2 Å². The van der Waals surface area contributed by atoms with E-state index in [-0.39, 0.29) is 0 Å². The first-order valence-corrected chi connectivity index (χ1v) is 7.33. The van der Waals surface area contributed by atoms with Crippen molar-refractivity contribution in [2.24, 2.45) is 5.73 Å². The molecule has 110 valence electrons. The van der Waals surface area contributed by atoms with Gasteiger partial charge in [-0.05, 0) is 24.3 Å². The molecule has 2 aromatic rings. The molecule has 0 fully saturated rings. The number of amides is 1. The van der Waals surface area contributed by atoms with E-state index in [1.54, 1.807) is 25.3 Å². The molecule has 0 saturated carbocycles. The van der Waals surface area contributed by atoms with E-state index in [9.17, 15) is 4.79 Å². The summed E-state index contributed by atoms with van der Waals surface area (Å²) in [6.45, 7) is 0. The summed E-state index contributed by atoms with van der Waals surface area (Å²) in [5.41, 5.74) is 6.83. The Bertz CT molecular complexity index is 664. The predicted molar refractivity (Wildman–Crippen MR) is 87.7 cm³/mol. The molecule has 0 radical (unpaired) electrons. The van der Waals surface area contributed by atoms with Crippen LogP contribution in [0.25, 0.3) is 0 Å². The number of hydrogen-bond acceptors (Lipinski definition) is 3. The van der Waals surface area contributed by atoms with E-state index in [1.165, 1.54) is 0 Å². The SMILES string of the molecule is COc1cccc(NC(C(N)=O)c2ccc(Br)cc2Cl)c1. The van der Waals surface area contributed by atoms with E-state index >= 15 is 0 Å². The van der Waals surface area contributed by atoms with Crippen LogP contribution in [0.1, 0.15) is 11.6 Å². The van der Waals surface area contributed by atoms with Crippen LogP contribution < -0.4 is 15.8 Å². The van der Waals surface area contributed by atoms with Gasteiger partial charge in [-0.2, -0.15) is 0 Å². The number of nitrogens with one attached hydrogen (secondary N) is 1. The van der Waals surface area contributed by atoms with Gasteiger partial charge >= 0.3 is 0 Å². The van der Waals surface area contributed by atoms with Gasteiger partial charge in [0.1, 0.15) is 11.8 Å². The maximum Gasteiger partial charge on any atom is 0.244 e. The Kier molecular flexibility index (Phi) is 5.09. The molecule has 0 heterocycles. The van der Waals surface area contributed by atoms with Crippen LogP contribution in [0.4, 0.5) is 5.69 Å². The molecular formula is C15H14BrClN2O2. The third-order valence-corrected chi connectivity index (χ3v) is 3.76. The first kappa shape index (κ1) is 15.7. The van der Waals surface area contributed by atoms with Gasteiger partial charge in [0.25, 0.3) is 0 Å². The highest BCUT2D eigenvalue weighted by Gasteiger charge is 2.20. The molecule has 0 aromatic heterocycles. The number of primary amides is 1. The van der Waals surface area contributed by atoms with Gasteiger partial charge in [-0.1, -0.05) is 39.7 Å². The highest BCUT2D eigenvalue weighted by atomic mass is 79.9. The number of carbonyl (C=O) groups is 1. The zero-order chi connectivity index (χ0) is 15.4. The molecule has 1 atom stereocenters. The number of anilines is 1. The van der Waals surface area contributed by atoms with Crippen molar-refractivity contribution in [1.29, 1.82) is 0 Å². The average Bonchev–Trinajstić information content (AvgIpc) is 2.45. The molecule has 0 spiro atoms. The smallest absolute Gasteiger partial charge is 0.244 e. The fourth-order valence-corrected chi connectivity index (χ4v) is 2.70. The number of rotatable bonds is 5. The number of nitrogens with two attached hydrogens (primary N) is 1. The molecule has 21 heavy (non-hydrogen) atoms. The van der Waals surface area contributed by atoms with Crippen LogP contribution >= 0.6 is 27.5 Å². The predicted octanol–water partition coefficient (Wildman–Crippen LogP) is 3.75. The summed E-state index contributed by atoms with van der Waals surface area (Å²) >= 11 is 9.52. The Hall–Kier alpha value is -1.72. The van der Waals surface area contributed by atoms with Crippen molar-refractivity contribution in [1.82, 2.24) is 0 Å². The summed E-state index contributed by atoms with van der Waals surface area (Å²) in [4.78, 5) is 11.8. The van der Waals surface area contributed by atoms with Crippen molar-refractivity contribution >= 4 is 39.1 Å². The molecule has 0 aliphatic heterocycles. The monoisotopic (exact) mass is 368 g/mol. The number of carbonyl (C=O) groups excluding carboxylic acids is 1. The van der Waals surface area contributed by atoms with Gasteiger partial charge in [-0.15, -0.1) is 0 Å². The van der Waals surface area contributed by atoms with Gasteiger partial charge in [0.2, 0.25) is 5.91 Å². The second-order valence-electron chi connectivity index (χ2n) is 4.38. The van der Waals surface area contributed by atoms with Crippen molar-refractivity contribution in [2.45, 2.75) is 6.04 Å². The van der Waals surface area contributed by atoms with Crippen LogP contribution in [0.15, 0.2) is 46.9 Å². The first-order chi connectivity index (χ1) is 10.0. The second kappa shape index (κ2) is 6.83. The van der Waals surface area contributed by atoms with Crippen LogP contribution in [-0.4, -0.2) is 13.0 Å². The zero-order valence-corrected chi connectivity index (χ0v) is 13.6. The van der Waals surface area contributed by atoms with Crippen molar-refractivity contribution in [2.75, 3.05) is 12.4 Å². The molecule has 2 rings (SSSR count). The molecule has 0 aliphatic carbocycles. The lowest BCUT2D eigenvalue weighted by atomic mass is 10.1. The molecule has 1 unspecified atom stereocenters. The summed E-state index contributed by atoms with van der Waals surface area (Å²) in [7, 11) is 1.58. The number of ether oxygens (including phenoxy) is 1. The minimum absolute atomic E-state index is 0.462. The minimum atomic E-state index is -0.724. The van der Waals surface area contributed by atoms with E-state index in [1.807, 2.05) is 24.3 Å². The maximum absolute atomic E-state index is 11.8. The molecule has 1 amide bonds.